The third kappa shape index (κ3) is 3.06. The van der Waals surface area contributed by atoms with Crippen molar-refractivity contribution in [1.29, 1.82) is 0 Å². The third-order valence-corrected chi connectivity index (χ3v) is 4.00. The second kappa shape index (κ2) is 6.72. The molecule has 1 amide bonds. The van der Waals surface area contributed by atoms with E-state index < -0.39 is 0 Å². The van der Waals surface area contributed by atoms with E-state index in [-0.39, 0.29) is 23.9 Å². The summed E-state index contributed by atoms with van der Waals surface area (Å²) in [5.41, 5.74) is 0.556. The van der Waals surface area contributed by atoms with Gasteiger partial charge in [0.2, 0.25) is 11.8 Å². The van der Waals surface area contributed by atoms with Crippen molar-refractivity contribution in [1.82, 2.24) is 24.9 Å². The van der Waals surface area contributed by atoms with Crippen molar-refractivity contribution < 1.29 is 13.9 Å². The average molecular weight is 333 g/mol. The Balaban J connectivity index is 1.88. The molecule has 1 fully saturated rings. The van der Waals surface area contributed by atoms with Gasteiger partial charge >= 0.3 is 0 Å². The lowest BCUT2D eigenvalue weighted by molar-refractivity contribution is -0.0114. The van der Waals surface area contributed by atoms with Crippen molar-refractivity contribution in [3.8, 4) is 0 Å². The van der Waals surface area contributed by atoms with Crippen LogP contribution in [0.25, 0.3) is 0 Å². The van der Waals surface area contributed by atoms with E-state index in [1.807, 2.05) is 27.7 Å². The molecule has 130 valence electrons. The van der Waals surface area contributed by atoms with Crippen LogP contribution in [0.3, 0.4) is 0 Å². The van der Waals surface area contributed by atoms with Crippen LogP contribution in [0.5, 0.6) is 0 Å². The summed E-state index contributed by atoms with van der Waals surface area (Å²) in [6.07, 6.45) is 1.65. The van der Waals surface area contributed by atoms with Gasteiger partial charge in [0.15, 0.2) is 0 Å². The van der Waals surface area contributed by atoms with E-state index in [1.54, 1.807) is 21.8 Å². The Morgan fingerprint density at radius 2 is 2.08 bits per heavy atom. The molecule has 0 saturated carbocycles. The summed E-state index contributed by atoms with van der Waals surface area (Å²) in [5.74, 6) is 1.03. The van der Waals surface area contributed by atoms with Crippen LogP contribution >= 0.6 is 0 Å². The molecule has 0 bridgehead atoms. The highest BCUT2D eigenvalue weighted by molar-refractivity contribution is 5.92. The molecule has 1 aliphatic rings. The zero-order valence-corrected chi connectivity index (χ0v) is 14.5. The van der Waals surface area contributed by atoms with Crippen LogP contribution in [0.4, 0.5) is 0 Å². The number of nitrogens with zero attached hydrogens (tertiary/aromatic N) is 5. The molecule has 0 N–H and O–H groups in total. The zero-order chi connectivity index (χ0) is 17.3. The van der Waals surface area contributed by atoms with Crippen molar-refractivity contribution in [2.45, 2.75) is 45.7 Å². The molecule has 8 nitrogen and oxygen atoms in total. The van der Waals surface area contributed by atoms with Crippen molar-refractivity contribution in [3.63, 3.8) is 0 Å². The maximum Gasteiger partial charge on any atom is 0.272 e. The maximum absolute atomic E-state index is 13.0. The van der Waals surface area contributed by atoms with Crippen LogP contribution in [-0.4, -0.2) is 50.5 Å². The van der Waals surface area contributed by atoms with E-state index in [0.29, 0.717) is 37.2 Å². The molecule has 0 unspecified atom stereocenters. The van der Waals surface area contributed by atoms with Crippen LogP contribution < -0.4 is 0 Å². The predicted molar refractivity (Wildman–Crippen MR) is 85.6 cm³/mol. The van der Waals surface area contributed by atoms with E-state index in [2.05, 4.69) is 15.3 Å². The minimum absolute atomic E-state index is 0.0983. The Morgan fingerprint density at radius 1 is 1.29 bits per heavy atom. The molecule has 0 radical (unpaired) electrons. The fourth-order valence-electron chi connectivity index (χ4n) is 2.71. The number of hydrogen-bond donors (Lipinski definition) is 0. The Kier molecular flexibility index (Phi) is 4.66. The number of carbonyl (C=O) groups excluding carboxylic acids is 1. The number of morpholine rings is 1. The molecular weight excluding hydrogens is 310 g/mol. The number of hydrogen-bond acceptors (Lipinski definition) is 6. The van der Waals surface area contributed by atoms with E-state index >= 15 is 0 Å². The van der Waals surface area contributed by atoms with Crippen LogP contribution in [0.2, 0.25) is 0 Å². The molecule has 1 saturated heterocycles. The first kappa shape index (κ1) is 16.6. The summed E-state index contributed by atoms with van der Waals surface area (Å²) in [5, 5.41) is 12.4. The average Bonchev–Trinajstić information content (AvgIpc) is 3.23. The number of amides is 1. The van der Waals surface area contributed by atoms with Gasteiger partial charge in [-0.25, -0.2) is 0 Å². The van der Waals surface area contributed by atoms with Gasteiger partial charge in [-0.15, -0.1) is 10.2 Å². The normalized spacial score (nSPS) is 18.6. The molecule has 2 aromatic heterocycles. The molecule has 0 aliphatic carbocycles. The van der Waals surface area contributed by atoms with E-state index in [4.69, 9.17) is 9.15 Å². The summed E-state index contributed by atoms with van der Waals surface area (Å²) in [6, 6.07) is 1.47. The number of rotatable bonds is 4. The second-order valence-corrected chi connectivity index (χ2v) is 6.48. The fraction of sp³-hybridized carbons (Fsp3) is 0.625. The van der Waals surface area contributed by atoms with Crippen LogP contribution in [-0.2, 0) is 4.74 Å². The van der Waals surface area contributed by atoms with E-state index in [9.17, 15) is 4.79 Å². The first-order valence-electron chi connectivity index (χ1n) is 8.24. The minimum Gasteiger partial charge on any atom is -0.423 e. The lowest BCUT2D eigenvalue weighted by Crippen LogP contribution is -2.44. The number of ether oxygens (including phenoxy) is 1. The number of aromatic nitrogens is 4. The monoisotopic (exact) mass is 333 g/mol. The lowest BCUT2D eigenvalue weighted by Gasteiger charge is -2.33. The summed E-state index contributed by atoms with van der Waals surface area (Å²) >= 11 is 0. The predicted octanol–water partition coefficient (Wildman–Crippen LogP) is 2.18. The van der Waals surface area contributed by atoms with Gasteiger partial charge in [0.25, 0.3) is 5.91 Å². The van der Waals surface area contributed by atoms with Gasteiger partial charge in [-0.3, -0.25) is 9.48 Å². The standard InChI is InChI=1S/C16H23N5O3/c1-10(2)14-18-19-15(24-14)13-9-23-8-7-20(13)16(22)12-5-6-17-21(12)11(3)4/h5-6,10-11,13H,7-9H2,1-4H3/t13-/m0/s1. The molecule has 2 aromatic rings. The topological polar surface area (TPSA) is 86.3 Å². The van der Waals surface area contributed by atoms with E-state index in [1.165, 1.54) is 0 Å². The van der Waals surface area contributed by atoms with Crippen LogP contribution in [0, 0.1) is 0 Å². The Bertz CT molecular complexity index is 706. The smallest absolute Gasteiger partial charge is 0.272 e. The molecule has 3 heterocycles. The quantitative estimate of drug-likeness (QED) is 0.852. The van der Waals surface area contributed by atoms with Gasteiger partial charge < -0.3 is 14.1 Å². The highest BCUT2D eigenvalue weighted by atomic mass is 16.5. The minimum atomic E-state index is -0.373. The molecule has 1 aliphatic heterocycles. The largest absolute Gasteiger partial charge is 0.423 e. The van der Waals surface area contributed by atoms with E-state index in [0.717, 1.165) is 0 Å². The molecule has 8 heteroatoms. The van der Waals surface area contributed by atoms with Gasteiger partial charge in [0.05, 0.1) is 13.2 Å². The zero-order valence-electron chi connectivity index (χ0n) is 14.5. The lowest BCUT2D eigenvalue weighted by atomic mass is 10.2. The van der Waals surface area contributed by atoms with Gasteiger partial charge in [-0.2, -0.15) is 5.10 Å². The van der Waals surface area contributed by atoms with Crippen molar-refractivity contribution >= 4 is 5.91 Å². The first-order chi connectivity index (χ1) is 11.5. The van der Waals surface area contributed by atoms with Crippen LogP contribution in [0.15, 0.2) is 16.7 Å². The maximum atomic E-state index is 13.0. The first-order valence-corrected chi connectivity index (χ1v) is 8.24. The summed E-state index contributed by atoms with van der Waals surface area (Å²) in [7, 11) is 0. The van der Waals surface area contributed by atoms with Crippen molar-refractivity contribution in [2.75, 3.05) is 19.8 Å². The van der Waals surface area contributed by atoms with Gasteiger partial charge in [-0.05, 0) is 19.9 Å². The third-order valence-electron chi connectivity index (χ3n) is 4.00. The van der Waals surface area contributed by atoms with Crippen LogP contribution in [0.1, 0.15) is 68.0 Å². The molecule has 0 spiro atoms. The molecule has 3 rings (SSSR count). The van der Waals surface area contributed by atoms with Crippen molar-refractivity contribution in [2.24, 2.45) is 0 Å². The molecule has 1 atom stereocenters. The molecule has 24 heavy (non-hydrogen) atoms. The van der Waals surface area contributed by atoms with Gasteiger partial charge in [0.1, 0.15) is 11.7 Å². The highest BCUT2D eigenvalue weighted by Crippen LogP contribution is 2.27. The van der Waals surface area contributed by atoms with Gasteiger partial charge in [0, 0.05) is 24.7 Å². The molecule has 0 aromatic carbocycles. The second-order valence-electron chi connectivity index (χ2n) is 6.48. The number of carbonyl (C=O) groups is 1. The highest BCUT2D eigenvalue weighted by Gasteiger charge is 2.34. The fourth-order valence-corrected chi connectivity index (χ4v) is 2.71. The Hall–Kier alpha value is -2.22. The van der Waals surface area contributed by atoms with Crippen molar-refractivity contribution in [3.05, 3.63) is 29.7 Å². The summed E-state index contributed by atoms with van der Waals surface area (Å²) < 4.78 is 13.0. The summed E-state index contributed by atoms with van der Waals surface area (Å²) in [6.45, 7) is 9.27. The SMILES string of the molecule is CC(C)c1nnc([C@@H]2COCCN2C(=O)c2ccnn2C(C)C)o1. The Morgan fingerprint density at radius 3 is 2.75 bits per heavy atom. The summed E-state index contributed by atoms with van der Waals surface area (Å²) in [4.78, 5) is 14.8. The molecular formula is C16H23N5O3. The van der Waals surface area contributed by atoms with Gasteiger partial charge in [-0.1, -0.05) is 13.8 Å². The Labute approximate surface area is 140 Å².